The third-order valence-corrected chi connectivity index (χ3v) is 4.86. The van der Waals surface area contributed by atoms with Crippen molar-refractivity contribution < 1.29 is 14.3 Å². The number of hydrogen-bond donors (Lipinski definition) is 2. The fraction of sp³-hybridized carbons (Fsp3) is 0.294. The number of nitrogens with one attached hydrogen (secondary N) is 2. The molecule has 3 rings (SSSR count). The first kappa shape index (κ1) is 15.6. The minimum atomic E-state index is -0.651. The Balaban J connectivity index is 1.52. The molecule has 1 aromatic heterocycles. The molecule has 5 nitrogen and oxygen atoms in total. The highest BCUT2D eigenvalue weighted by atomic mass is 32.1. The largest absolute Gasteiger partial charge is 0.493 e. The average Bonchev–Trinajstić information content (AvgIpc) is 3.22. The zero-order chi connectivity index (χ0) is 16.2. The lowest BCUT2D eigenvalue weighted by Crippen LogP contribution is -2.37. The number of ether oxygens (including phenoxy) is 1. The lowest BCUT2D eigenvalue weighted by atomic mass is 10.1. The Morgan fingerprint density at radius 2 is 2.17 bits per heavy atom. The van der Waals surface area contributed by atoms with Crippen LogP contribution in [-0.2, 0) is 16.0 Å². The molecule has 0 bridgehead atoms. The van der Waals surface area contributed by atoms with Gasteiger partial charge in [0.2, 0.25) is 0 Å². The first-order valence-electron chi connectivity index (χ1n) is 7.52. The van der Waals surface area contributed by atoms with Crippen LogP contribution < -0.4 is 15.4 Å². The van der Waals surface area contributed by atoms with Crippen LogP contribution >= 0.6 is 11.3 Å². The minimum absolute atomic E-state index is 0.184. The summed E-state index contributed by atoms with van der Waals surface area (Å²) in [7, 11) is 0. The molecule has 23 heavy (non-hydrogen) atoms. The molecule has 0 radical (unpaired) electrons. The molecule has 0 aliphatic carbocycles. The first-order chi connectivity index (χ1) is 11.1. The molecule has 0 spiro atoms. The van der Waals surface area contributed by atoms with E-state index in [2.05, 4.69) is 10.6 Å². The van der Waals surface area contributed by atoms with Gasteiger partial charge in [0.15, 0.2) is 0 Å². The highest BCUT2D eigenvalue weighted by molar-refractivity contribution is 7.10. The fourth-order valence-corrected chi connectivity index (χ4v) is 3.24. The summed E-state index contributed by atoms with van der Waals surface area (Å²) in [4.78, 5) is 25.1. The molecule has 2 amide bonds. The van der Waals surface area contributed by atoms with Crippen molar-refractivity contribution in [1.29, 1.82) is 0 Å². The minimum Gasteiger partial charge on any atom is -0.493 e. The van der Waals surface area contributed by atoms with Gasteiger partial charge in [-0.15, -0.1) is 11.3 Å². The normalized spacial score (nSPS) is 13.8. The van der Waals surface area contributed by atoms with Gasteiger partial charge < -0.3 is 15.4 Å². The van der Waals surface area contributed by atoms with Crippen molar-refractivity contribution in [3.05, 3.63) is 46.2 Å². The van der Waals surface area contributed by atoms with Crippen LogP contribution in [0.15, 0.2) is 35.7 Å². The SMILES string of the molecule is C[C@H](CNC(=O)C(=O)Nc1ccc2c(c1)CCO2)c1cccs1. The van der Waals surface area contributed by atoms with Gasteiger partial charge in [0.05, 0.1) is 6.61 Å². The van der Waals surface area contributed by atoms with Gasteiger partial charge in [-0.2, -0.15) is 0 Å². The third kappa shape index (κ3) is 3.71. The van der Waals surface area contributed by atoms with Crippen LogP contribution in [-0.4, -0.2) is 25.0 Å². The van der Waals surface area contributed by atoms with Crippen molar-refractivity contribution in [2.75, 3.05) is 18.5 Å². The van der Waals surface area contributed by atoms with Gasteiger partial charge in [-0.3, -0.25) is 9.59 Å². The van der Waals surface area contributed by atoms with Gasteiger partial charge in [-0.1, -0.05) is 13.0 Å². The average molecular weight is 330 g/mol. The summed E-state index contributed by atoms with van der Waals surface area (Å²) in [6.45, 7) is 3.11. The third-order valence-electron chi connectivity index (χ3n) is 3.75. The summed E-state index contributed by atoms with van der Waals surface area (Å²) in [6, 6.07) is 9.40. The van der Waals surface area contributed by atoms with Crippen LogP contribution in [0.3, 0.4) is 0 Å². The van der Waals surface area contributed by atoms with E-state index in [9.17, 15) is 9.59 Å². The molecule has 2 heterocycles. The van der Waals surface area contributed by atoms with Crippen molar-refractivity contribution in [2.24, 2.45) is 0 Å². The maximum atomic E-state index is 12.0. The monoisotopic (exact) mass is 330 g/mol. The quantitative estimate of drug-likeness (QED) is 0.847. The van der Waals surface area contributed by atoms with E-state index < -0.39 is 11.8 Å². The molecule has 0 unspecified atom stereocenters. The molecule has 2 N–H and O–H groups in total. The van der Waals surface area contributed by atoms with E-state index >= 15 is 0 Å². The predicted octanol–water partition coefficient (Wildman–Crippen LogP) is 2.54. The number of amides is 2. The maximum Gasteiger partial charge on any atom is 0.313 e. The Labute approximate surface area is 138 Å². The summed E-state index contributed by atoms with van der Waals surface area (Å²) < 4.78 is 5.42. The molecule has 2 aromatic rings. The number of anilines is 1. The number of carbonyl (C=O) groups excluding carboxylic acids is 2. The molecule has 1 aromatic carbocycles. The number of carbonyl (C=O) groups is 2. The second kappa shape index (κ2) is 6.83. The van der Waals surface area contributed by atoms with E-state index in [4.69, 9.17) is 4.74 Å². The van der Waals surface area contributed by atoms with Crippen LogP contribution in [0.2, 0.25) is 0 Å². The zero-order valence-electron chi connectivity index (χ0n) is 12.8. The predicted molar refractivity (Wildman–Crippen MR) is 90.0 cm³/mol. The Hall–Kier alpha value is -2.34. The van der Waals surface area contributed by atoms with E-state index in [-0.39, 0.29) is 5.92 Å². The number of thiophene rings is 1. The smallest absolute Gasteiger partial charge is 0.313 e. The molecule has 120 valence electrons. The number of hydrogen-bond acceptors (Lipinski definition) is 4. The summed E-state index contributed by atoms with van der Waals surface area (Å²) in [5, 5.41) is 7.30. The molecular formula is C17H18N2O3S. The van der Waals surface area contributed by atoms with Crippen molar-refractivity contribution in [1.82, 2.24) is 5.32 Å². The van der Waals surface area contributed by atoms with Gasteiger partial charge >= 0.3 is 11.8 Å². The number of benzene rings is 1. The van der Waals surface area contributed by atoms with E-state index in [1.807, 2.05) is 36.6 Å². The summed E-state index contributed by atoms with van der Waals surface area (Å²) in [5.74, 6) is -0.242. The van der Waals surface area contributed by atoms with E-state index in [1.54, 1.807) is 17.4 Å². The van der Waals surface area contributed by atoms with E-state index in [0.717, 1.165) is 17.7 Å². The van der Waals surface area contributed by atoms with Crippen LogP contribution in [0.4, 0.5) is 5.69 Å². The topological polar surface area (TPSA) is 67.4 Å². The van der Waals surface area contributed by atoms with Crippen LogP contribution in [0.25, 0.3) is 0 Å². The molecule has 0 fully saturated rings. The lowest BCUT2D eigenvalue weighted by molar-refractivity contribution is -0.136. The first-order valence-corrected chi connectivity index (χ1v) is 8.40. The number of rotatable bonds is 4. The van der Waals surface area contributed by atoms with Gasteiger partial charge in [0, 0.05) is 29.4 Å². The Kier molecular flexibility index (Phi) is 4.62. The zero-order valence-corrected chi connectivity index (χ0v) is 13.6. The second-order valence-electron chi connectivity index (χ2n) is 5.50. The standard InChI is InChI=1S/C17H18N2O3S/c1-11(15-3-2-8-23-15)10-18-16(20)17(21)19-13-4-5-14-12(9-13)6-7-22-14/h2-5,8-9,11H,6-7,10H2,1H3,(H,18,20)(H,19,21)/t11-/m1/s1. The molecule has 1 aliphatic heterocycles. The molecule has 0 saturated heterocycles. The van der Waals surface area contributed by atoms with E-state index in [0.29, 0.717) is 18.8 Å². The highest BCUT2D eigenvalue weighted by Gasteiger charge is 2.17. The van der Waals surface area contributed by atoms with Crippen LogP contribution in [0.5, 0.6) is 5.75 Å². The molecule has 1 atom stereocenters. The summed E-state index contributed by atoms with van der Waals surface area (Å²) >= 11 is 1.64. The van der Waals surface area contributed by atoms with Gasteiger partial charge in [-0.05, 0) is 35.2 Å². The van der Waals surface area contributed by atoms with E-state index in [1.165, 1.54) is 4.88 Å². The van der Waals surface area contributed by atoms with Crippen LogP contribution in [0.1, 0.15) is 23.3 Å². The molecule has 1 aliphatic rings. The Bertz CT molecular complexity index is 713. The van der Waals surface area contributed by atoms with Crippen molar-refractivity contribution >= 4 is 28.8 Å². The second-order valence-corrected chi connectivity index (χ2v) is 6.48. The molecular weight excluding hydrogens is 312 g/mol. The summed E-state index contributed by atoms with van der Waals surface area (Å²) in [5.41, 5.74) is 1.66. The van der Waals surface area contributed by atoms with Crippen molar-refractivity contribution in [3.8, 4) is 5.75 Å². The summed E-state index contributed by atoms with van der Waals surface area (Å²) in [6.07, 6.45) is 0.823. The van der Waals surface area contributed by atoms with Gasteiger partial charge in [0.1, 0.15) is 5.75 Å². The molecule has 0 saturated carbocycles. The number of fused-ring (bicyclic) bond motifs is 1. The maximum absolute atomic E-state index is 12.0. The van der Waals surface area contributed by atoms with Crippen molar-refractivity contribution in [3.63, 3.8) is 0 Å². The highest BCUT2D eigenvalue weighted by Crippen LogP contribution is 2.27. The van der Waals surface area contributed by atoms with Gasteiger partial charge in [0.25, 0.3) is 0 Å². The lowest BCUT2D eigenvalue weighted by Gasteiger charge is -2.11. The fourth-order valence-electron chi connectivity index (χ4n) is 2.45. The van der Waals surface area contributed by atoms with Gasteiger partial charge in [-0.25, -0.2) is 0 Å². The van der Waals surface area contributed by atoms with Crippen LogP contribution in [0, 0.1) is 0 Å². The van der Waals surface area contributed by atoms with Crippen molar-refractivity contribution in [2.45, 2.75) is 19.3 Å². The Morgan fingerprint density at radius 3 is 2.96 bits per heavy atom. The molecule has 6 heteroatoms. The Morgan fingerprint density at radius 1 is 1.30 bits per heavy atom.